The molecule has 4 nitrogen and oxygen atoms in total. The van der Waals surface area contributed by atoms with Crippen LogP contribution in [0.25, 0.3) is 27.8 Å². The molecule has 0 saturated heterocycles. The third-order valence-electron chi connectivity index (χ3n) is 5.72. The zero-order chi connectivity index (χ0) is 19.3. The Kier molecular flexibility index (Phi) is 4.02. The summed E-state index contributed by atoms with van der Waals surface area (Å²) in [5.74, 6) is 0.989. The van der Waals surface area contributed by atoms with E-state index in [1.807, 2.05) is 25.4 Å². The summed E-state index contributed by atoms with van der Waals surface area (Å²) < 4.78 is 2.36. The van der Waals surface area contributed by atoms with Gasteiger partial charge in [-0.25, -0.2) is 4.98 Å². The maximum absolute atomic E-state index is 4.84. The molecule has 5 rings (SSSR count). The predicted molar refractivity (Wildman–Crippen MR) is 114 cm³/mol. The number of rotatable bonds is 2. The highest BCUT2D eigenvalue weighted by molar-refractivity contribution is 5.88. The van der Waals surface area contributed by atoms with Gasteiger partial charge in [-0.3, -0.25) is 9.55 Å². The second-order valence-corrected chi connectivity index (χ2v) is 7.86. The van der Waals surface area contributed by atoms with E-state index in [-0.39, 0.29) is 0 Å². The minimum Gasteiger partial charge on any atom is -0.302 e. The molecule has 0 aliphatic carbocycles. The Balaban J connectivity index is 1.64. The highest BCUT2D eigenvalue weighted by Crippen LogP contribution is 2.33. The monoisotopic (exact) mass is 368 g/mol. The van der Waals surface area contributed by atoms with Crippen LogP contribution >= 0.6 is 0 Å². The Morgan fingerprint density at radius 1 is 0.893 bits per heavy atom. The summed E-state index contributed by atoms with van der Waals surface area (Å²) in [6.45, 7) is 6.24. The van der Waals surface area contributed by atoms with E-state index < -0.39 is 0 Å². The first-order valence-electron chi connectivity index (χ1n) is 9.81. The van der Waals surface area contributed by atoms with E-state index >= 15 is 0 Å². The molecule has 1 aliphatic heterocycles. The largest absolute Gasteiger partial charge is 0.302 e. The third kappa shape index (κ3) is 2.81. The van der Waals surface area contributed by atoms with Crippen LogP contribution in [0.1, 0.15) is 22.5 Å². The number of fused-ring (bicyclic) bond motifs is 3. The van der Waals surface area contributed by atoms with Crippen LogP contribution in [0.15, 0.2) is 54.9 Å². The molecule has 140 valence electrons. The first kappa shape index (κ1) is 17.1. The van der Waals surface area contributed by atoms with Crippen LogP contribution in [0.4, 0.5) is 0 Å². The van der Waals surface area contributed by atoms with Crippen molar-refractivity contribution in [2.24, 2.45) is 0 Å². The molecular formula is C24H24N4. The number of benzene rings is 1. The Bertz CT molecular complexity index is 1150. The van der Waals surface area contributed by atoms with Gasteiger partial charge in [0.2, 0.25) is 0 Å². The van der Waals surface area contributed by atoms with Crippen LogP contribution in [0.5, 0.6) is 0 Å². The van der Waals surface area contributed by atoms with Gasteiger partial charge >= 0.3 is 0 Å². The molecule has 1 aliphatic rings. The third-order valence-corrected chi connectivity index (χ3v) is 5.72. The number of pyridine rings is 2. The second-order valence-electron chi connectivity index (χ2n) is 7.86. The van der Waals surface area contributed by atoms with Gasteiger partial charge in [0.15, 0.2) is 0 Å². The van der Waals surface area contributed by atoms with Crippen LogP contribution in [0.2, 0.25) is 0 Å². The van der Waals surface area contributed by atoms with E-state index in [4.69, 9.17) is 4.98 Å². The van der Waals surface area contributed by atoms with Gasteiger partial charge in [0.25, 0.3) is 0 Å². The number of aromatic nitrogens is 3. The second kappa shape index (κ2) is 6.57. The molecule has 0 atom stereocenters. The Morgan fingerprint density at radius 2 is 1.68 bits per heavy atom. The van der Waals surface area contributed by atoms with Gasteiger partial charge in [-0.1, -0.05) is 17.7 Å². The topological polar surface area (TPSA) is 34.0 Å². The lowest BCUT2D eigenvalue weighted by molar-refractivity contribution is 0.311. The van der Waals surface area contributed by atoms with E-state index in [0.29, 0.717) is 0 Å². The molecule has 4 aromatic rings. The van der Waals surface area contributed by atoms with Crippen LogP contribution < -0.4 is 0 Å². The molecule has 4 heterocycles. The van der Waals surface area contributed by atoms with E-state index in [2.05, 4.69) is 64.8 Å². The van der Waals surface area contributed by atoms with Gasteiger partial charge in [-0.2, -0.15) is 0 Å². The summed E-state index contributed by atoms with van der Waals surface area (Å²) in [5.41, 5.74) is 8.62. The average Bonchev–Trinajstić information content (AvgIpc) is 3.02. The van der Waals surface area contributed by atoms with Gasteiger partial charge in [-0.05, 0) is 56.8 Å². The molecule has 0 fully saturated rings. The molecule has 28 heavy (non-hydrogen) atoms. The zero-order valence-electron chi connectivity index (χ0n) is 16.6. The molecule has 0 spiro atoms. The predicted octanol–water partition coefficient (Wildman–Crippen LogP) is 4.69. The van der Waals surface area contributed by atoms with Crippen molar-refractivity contribution >= 4 is 10.9 Å². The van der Waals surface area contributed by atoms with Crippen molar-refractivity contribution in [2.75, 3.05) is 13.6 Å². The summed E-state index contributed by atoms with van der Waals surface area (Å²) >= 11 is 0. The summed E-state index contributed by atoms with van der Waals surface area (Å²) in [7, 11) is 2.20. The highest BCUT2D eigenvalue weighted by atomic mass is 15.1. The van der Waals surface area contributed by atoms with Crippen molar-refractivity contribution in [1.82, 2.24) is 19.4 Å². The normalized spacial score (nSPS) is 14.4. The van der Waals surface area contributed by atoms with E-state index in [1.54, 1.807) is 0 Å². The van der Waals surface area contributed by atoms with Gasteiger partial charge in [-0.15, -0.1) is 0 Å². The van der Waals surface area contributed by atoms with Crippen molar-refractivity contribution in [1.29, 1.82) is 0 Å². The fraction of sp³-hybridized carbons (Fsp3) is 0.250. The van der Waals surface area contributed by atoms with Crippen molar-refractivity contribution in [3.63, 3.8) is 0 Å². The van der Waals surface area contributed by atoms with Gasteiger partial charge in [0.05, 0.1) is 5.52 Å². The molecule has 0 unspecified atom stereocenters. The zero-order valence-corrected chi connectivity index (χ0v) is 16.6. The van der Waals surface area contributed by atoms with Crippen LogP contribution in [0, 0.1) is 13.8 Å². The van der Waals surface area contributed by atoms with E-state index in [1.165, 1.54) is 27.7 Å². The van der Waals surface area contributed by atoms with Crippen molar-refractivity contribution in [3.8, 4) is 16.9 Å². The quantitative estimate of drug-likeness (QED) is 0.515. The lowest BCUT2D eigenvalue weighted by atomic mass is 10.0. The van der Waals surface area contributed by atoms with E-state index in [9.17, 15) is 0 Å². The Morgan fingerprint density at radius 3 is 2.39 bits per heavy atom. The number of nitrogens with zero attached hydrogens (tertiary/aromatic N) is 4. The number of hydrogen-bond donors (Lipinski definition) is 0. The molecule has 0 bridgehead atoms. The highest BCUT2D eigenvalue weighted by Gasteiger charge is 2.23. The molecular weight excluding hydrogens is 344 g/mol. The Hall–Kier alpha value is -2.98. The van der Waals surface area contributed by atoms with Gasteiger partial charge in [0, 0.05) is 59.8 Å². The lowest BCUT2D eigenvalue weighted by Crippen LogP contribution is -2.27. The summed E-state index contributed by atoms with van der Waals surface area (Å²) in [6.07, 6.45) is 4.92. The molecule has 0 amide bonds. The summed E-state index contributed by atoms with van der Waals surface area (Å²) in [5, 5.41) is 1.36. The molecule has 1 aromatic carbocycles. The summed E-state index contributed by atoms with van der Waals surface area (Å²) in [4.78, 5) is 11.6. The molecule has 0 saturated carbocycles. The fourth-order valence-electron chi connectivity index (χ4n) is 4.20. The first-order valence-corrected chi connectivity index (χ1v) is 9.81. The average molecular weight is 368 g/mol. The number of likely N-dealkylation sites (N-methyl/N-ethyl adjacent to an activating group) is 1. The number of hydrogen-bond acceptors (Lipinski definition) is 3. The van der Waals surface area contributed by atoms with Gasteiger partial charge < -0.3 is 4.90 Å². The van der Waals surface area contributed by atoms with Crippen molar-refractivity contribution < 1.29 is 0 Å². The number of aryl methyl sites for hydroxylation is 2. The smallest absolute Gasteiger partial charge is 0.137 e. The maximum Gasteiger partial charge on any atom is 0.137 e. The van der Waals surface area contributed by atoms with Crippen LogP contribution in [0.3, 0.4) is 0 Å². The first-order chi connectivity index (χ1) is 13.6. The fourth-order valence-corrected chi connectivity index (χ4v) is 4.20. The lowest BCUT2D eigenvalue weighted by Gasteiger charge is -2.24. The van der Waals surface area contributed by atoms with E-state index in [0.717, 1.165) is 42.1 Å². The van der Waals surface area contributed by atoms with Crippen LogP contribution in [-0.2, 0) is 13.0 Å². The molecule has 4 heteroatoms. The minimum absolute atomic E-state index is 0.989. The van der Waals surface area contributed by atoms with Crippen molar-refractivity contribution in [2.45, 2.75) is 26.8 Å². The molecule has 0 radical (unpaired) electrons. The molecule has 3 aromatic heterocycles. The Labute approximate surface area is 165 Å². The standard InChI is InChI=1S/C24H24N4/c1-16-4-8-22-20(12-16)21-15-27(3)11-10-23(21)28(22)24-9-7-19(14-26-24)18-6-5-17(2)25-13-18/h4-9,12-14H,10-11,15H2,1-3H3. The maximum atomic E-state index is 4.84. The van der Waals surface area contributed by atoms with Gasteiger partial charge in [0.1, 0.15) is 5.82 Å². The van der Waals surface area contributed by atoms with Crippen molar-refractivity contribution in [3.05, 3.63) is 77.4 Å². The summed E-state index contributed by atoms with van der Waals surface area (Å²) in [6, 6.07) is 15.2. The minimum atomic E-state index is 0.989. The van der Waals surface area contributed by atoms with Crippen LogP contribution in [-0.4, -0.2) is 33.0 Å². The SMILES string of the molecule is Cc1ccc2c(c1)c1c(n2-c2ccc(-c3ccc(C)nc3)cn2)CCN(C)C1. The molecule has 0 N–H and O–H groups in total.